The fraction of sp³-hybridized carbons (Fsp3) is 0.670. The highest BCUT2D eigenvalue weighted by Gasteiger charge is 2.54. The average Bonchev–Trinajstić information content (AvgIpc) is 0.763. The third-order valence-electron chi connectivity index (χ3n) is 23.5. The topological polar surface area (TPSA) is 599 Å². The molecule has 20 atom stereocenters. The molecule has 0 bridgehead atoms. The second kappa shape index (κ2) is 67.7. The van der Waals surface area contributed by atoms with Gasteiger partial charge in [0.15, 0.2) is 18.6 Å². The lowest BCUT2D eigenvalue weighted by molar-refractivity contribution is -0.398. The zero-order valence-electron chi connectivity index (χ0n) is 86.1. The maximum absolute atomic E-state index is 14.2. The first-order chi connectivity index (χ1) is 65.7. The third kappa shape index (κ3) is 54.1. The van der Waals surface area contributed by atoms with Gasteiger partial charge >= 0.3 is 0 Å². The fourth-order valence-electron chi connectivity index (χ4n) is 14.8. The van der Waals surface area contributed by atoms with Gasteiger partial charge < -0.3 is 123 Å². The monoisotopic (exact) mass is 2010 g/mol. The first kappa shape index (κ1) is 127. The van der Waals surface area contributed by atoms with Crippen LogP contribution >= 0.6 is 15.6 Å². The van der Waals surface area contributed by atoms with Crippen molar-refractivity contribution in [3.63, 3.8) is 0 Å². The SMILES string of the molecule is CC(=O)N[C@H]1[C@@H](O[C@H]2[C@H](O[C@H](C)C(=O)N[C@@H](C)C(=O)N[C@H](CCC(=O)N[C@@H](CCCCNC(=O)[C@H](C)NC(=O)[C@H](C)[NH3+])C(=O)N[C@H](C)C(=O)N[C@H](C)C(=O)[O-])C(N)=O)[C@@H](NC(C)=O)[C@@H](OP(=O)([O-])OP(=O)([O-])OC/C=C(/C)CC/C=C(/C)CC/C=C(/C)CC/C=C(/C)CC/C=C(/C)CC/C=C(/C)CC/C=C(/C)CC/C=C(/C)CC/C=C(\C)CC/C=C(\C)CCC=C(C)C)O[C@@H]2CO)O[C@H](CO)[C@@H](O)[C@@H]1O. The number of carboxylic acids is 1. The van der Waals surface area contributed by atoms with Crippen molar-refractivity contribution < 1.29 is 135 Å². The Bertz CT molecular complexity index is 4460. The minimum Gasteiger partial charge on any atom is -0.756 e. The van der Waals surface area contributed by atoms with Crippen LogP contribution in [0.25, 0.3) is 0 Å². The maximum Gasteiger partial charge on any atom is 0.278 e. The van der Waals surface area contributed by atoms with E-state index in [9.17, 15) is 97.2 Å². The minimum atomic E-state index is -6.28. The largest absolute Gasteiger partial charge is 0.756 e. The molecule has 38 nitrogen and oxygen atoms in total. The number of aliphatic hydroxyl groups is 4. The van der Waals surface area contributed by atoms with Gasteiger partial charge in [0, 0.05) is 26.8 Å². The van der Waals surface area contributed by atoms with Gasteiger partial charge in [-0.1, -0.05) is 128 Å². The van der Waals surface area contributed by atoms with E-state index >= 15 is 0 Å². The van der Waals surface area contributed by atoms with E-state index in [4.69, 9.17) is 33.7 Å². The van der Waals surface area contributed by atoms with E-state index in [1.165, 1.54) is 77.0 Å². The molecule has 2 heterocycles. The molecule has 2 saturated heterocycles. The van der Waals surface area contributed by atoms with Crippen LogP contribution < -0.4 is 74.2 Å². The van der Waals surface area contributed by atoms with E-state index in [0.717, 1.165) is 156 Å². The lowest BCUT2D eigenvalue weighted by atomic mass is 9.94. The molecule has 18 N–H and O–H groups in total. The molecule has 2 rings (SSSR count). The van der Waals surface area contributed by atoms with Gasteiger partial charge in [-0.15, -0.1) is 0 Å². The van der Waals surface area contributed by atoms with Crippen LogP contribution in [-0.4, -0.2) is 222 Å². The number of aliphatic carboxylic acids is 1. The van der Waals surface area contributed by atoms with E-state index in [2.05, 4.69) is 188 Å². The normalized spacial score (nSPS) is 22.1. The van der Waals surface area contributed by atoms with Crippen molar-refractivity contribution in [2.24, 2.45) is 5.73 Å². The highest BCUT2D eigenvalue weighted by Crippen LogP contribution is 2.57. The number of carboxylic acid groups (broad SMARTS) is 1. The molecule has 2 fully saturated rings. The van der Waals surface area contributed by atoms with Crippen LogP contribution in [0.5, 0.6) is 0 Å². The summed E-state index contributed by atoms with van der Waals surface area (Å²) in [6.07, 6.45) is 25.8. The summed E-state index contributed by atoms with van der Waals surface area (Å²) in [6.45, 7) is 32.5. The summed E-state index contributed by atoms with van der Waals surface area (Å²) in [5.41, 5.74) is 23.9. The van der Waals surface area contributed by atoms with Crippen molar-refractivity contribution in [3.8, 4) is 0 Å². The van der Waals surface area contributed by atoms with Crippen LogP contribution in [0.3, 0.4) is 0 Å². The summed E-state index contributed by atoms with van der Waals surface area (Å²) < 4.78 is 65.6. The highest BCUT2D eigenvalue weighted by atomic mass is 31.3. The number of quaternary nitrogens is 1. The van der Waals surface area contributed by atoms with Gasteiger partial charge in [-0.3, -0.25) is 61.6 Å². The number of phosphoric ester groups is 2. The van der Waals surface area contributed by atoms with Gasteiger partial charge in [-0.25, -0.2) is 4.31 Å². The number of carbonyl (C=O) groups excluding carboxylic acids is 11. The number of ether oxygens (including phenoxy) is 4. The van der Waals surface area contributed by atoms with Gasteiger partial charge in [0.2, 0.25) is 53.2 Å². The minimum absolute atomic E-state index is 0.0499. The molecule has 2 aliphatic rings. The first-order valence-corrected chi connectivity index (χ1v) is 51.6. The second-order valence-corrected chi connectivity index (χ2v) is 40.2. The number of allylic oxidation sites excluding steroid dienone is 21. The number of rotatable bonds is 67. The second-order valence-electron chi connectivity index (χ2n) is 37.3. The number of nitrogens with one attached hydrogen (secondary N) is 9. The Morgan fingerprint density at radius 1 is 0.421 bits per heavy atom. The van der Waals surface area contributed by atoms with Crippen LogP contribution in [0.2, 0.25) is 0 Å². The van der Waals surface area contributed by atoms with Crippen molar-refractivity contribution in [2.75, 3.05) is 26.4 Å². The van der Waals surface area contributed by atoms with E-state index < -0.39 is 223 Å². The van der Waals surface area contributed by atoms with E-state index in [0.29, 0.717) is 18.4 Å². The lowest BCUT2D eigenvalue weighted by Gasteiger charge is -2.50. The van der Waals surface area contributed by atoms with Crippen molar-refractivity contribution in [2.45, 2.75) is 409 Å². The summed E-state index contributed by atoms with van der Waals surface area (Å²) >= 11 is 0. The number of hydrogen-bond donors (Lipinski definition) is 15. The number of hydrogen-bond acceptors (Lipinski definition) is 27. The maximum atomic E-state index is 14.2. The zero-order valence-corrected chi connectivity index (χ0v) is 87.9. The number of aliphatic hydroxyl groups excluding tert-OH is 4. The number of primary amides is 1. The van der Waals surface area contributed by atoms with Crippen molar-refractivity contribution >= 4 is 80.7 Å². The van der Waals surface area contributed by atoms with Crippen LogP contribution in [0, 0.1) is 0 Å². The molecule has 2 aliphatic heterocycles. The highest BCUT2D eigenvalue weighted by molar-refractivity contribution is 7.59. The molecule has 794 valence electrons. The molecule has 140 heavy (non-hydrogen) atoms. The Kier molecular flexibility index (Phi) is 61.5. The van der Waals surface area contributed by atoms with Crippen LogP contribution in [-0.2, 0) is 94.2 Å². The van der Waals surface area contributed by atoms with Gasteiger partial charge in [-0.2, -0.15) is 0 Å². The summed E-state index contributed by atoms with van der Waals surface area (Å²) in [6, 6.07) is -12.9. The summed E-state index contributed by atoms with van der Waals surface area (Å²) in [5, 5.41) is 75.9. The van der Waals surface area contributed by atoms with E-state index in [1.54, 1.807) is 6.92 Å². The Balaban J connectivity index is 2.14. The molecule has 0 aliphatic carbocycles. The molecule has 0 radical (unpaired) electrons. The van der Waals surface area contributed by atoms with Crippen molar-refractivity contribution in [1.29, 1.82) is 0 Å². The van der Waals surface area contributed by atoms with Crippen molar-refractivity contribution in [3.05, 3.63) is 128 Å². The van der Waals surface area contributed by atoms with Crippen LogP contribution in [0.15, 0.2) is 128 Å². The molecule has 0 aromatic carbocycles. The van der Waals surface area contributed by atoms with E-state index in [-0.39, 0.29) is 25.8 Å². The zero-order chi connectivity index (χ0) is 106. The molecule has 0 aromatic heterocycles. The molecule has 2 unspecified atom stereocenters. The Morgan fingerprint density at radius 2 is 0.800 bits per heavy atom. The third-order valence-corrected chi connectivity index (χ3v) is 26.1. The number of carbonyl (C=O) groups is 11. The quantitative estimate of drug-likeness (QED) is 0.0160. The number of nitrogens with two attached hydrogens (primary N) is 1. The van der Waals surface area contributed by atoms with Gasteiger partial charge in [0.05, 0.1) is 31.8 Å². The number of unbranched alkanes of at least 4 members (excludes halogenated alkanes) is 1. The van der Waals surface area contributed by atoms with Gasteiger partial charge in [0.25, 0.3) is 21.6 Å². The smallest absolute Gasteiger partial charge is 0.278 e. The number of phosphoric acid groups is 2. The first-order valence-electron chi connectivity index (χ1n) is 48.7. The van der Waals surface area contributed by atoms with E-state index in [1.807, 2.05) is 6.92 Å². The van der Waals surface area contributed by atoms with Crippen LogP contribution in [0.1, 0.15) is 299 Å². The summed E-state index contributed by atoms with van der Waals surface area (Å²) in [5.74, 6) is -10.7. The van der Waals surface area contributed by atoms with Crippen molar-refractivity contribution in [1.82, 2.24) is 47.9 Å². The summed E-state index contributed by atoms with van der Waals surface area (Å²) in [7, 11) is -12.2. The molecular weight excluding hydrogens is 1850 g/mol. The molecule has 10 amide bonds. The molecule has 0 saturated carbocycles. The summed E-state index contributed by atoms with van der Waals surface area (Å²) in [4.78, 5) is 170. The predicted molar refractivity (Wildman–Crippen MR) is 528 cm³/mol. The Labute approximate surface area is 828 Å². The predicted octanol–water partition coefficient (Wildman–Crippen LogP) is 7.45. The Morgan fingerprint density at radius 3 is 1.20 bits per heavy atom. The van der Waals surface area contributed by atoms with Gasteiger partial charge in [0.1, 0.15) is 85.0 Å². The number of amides is 10. The van der Waals surface area contributed by atoms with Gasteiger partial charge in [-0.05, 0) is 279 Å². The Hall–Kier alpha value is -8.79. The molecule has 0 aromatic rings. The lowest BCUT2D eigenvalue weighted by Crippen LogP contribution is -2.70. The average molecular weight is 2020 g/mol. The molecular formula is C100H165N11O27P2-2. The fourth-order valence-corrected chi connectivity index (χ4v) is 16.8. The molecule has 40 heteroatoms. The van der Waals surface area contributed by atoms with Crippen LogP contribution in [0.4, 0.5) is 0 Å². The standard InChI is InChI=1S/C100H167N11O27P2/c1-61(2)33-23-34-62(3)35-24-36-63(4)37-25-38-64(5)39-26-40-65(6)41-27-42-66(7)43-28-44-67(8)45-29-46-68(9)47-30-48-69(10)49-31-50-70(11)51-32-52-71(12)56-58-132-139(128,129)138-140(130,131)137-100-86(109-79(20)115)90(89(83(60-113)135-100)136-99-85(108-78(19)114)88(118)87(117)82(59-112)134-99)133-77(18)96(124)105-75(16)95(123)111-80(91(102)119)54-55-84(116)110-81(97(125)106-74(15)94(122)107-76(17)98(126)127)53-21-22-57-103-93(121)73(14)104-92(120)72(13)101/h33,35,37,39,41,43,45,47,49,51,56,72-77,80-83,85-90,99-100,112-113,117-118H,21-32,34,36,38,40,42,44,46,48,50,52-55,57-60,101H2,1-20H3,(H2,102,119)(H,103,121)(H,104,120)(H,105,124)(H,106,125)(H,107,122)(H,108,114)(H,109,115)(H,110,116)(H,111,123)(H,126,127)(H,128,129)(H,130,131)/p-2/b62-35+,63-37+,64-39-,65-41-,66-43-,67-45-,68-47-,69-49-,70-51-,71-56-/t72-,73-,74+,75-,76+,77+,80+,81-,82+,83+,85+,86+,87+,88+,89+,90+,99+,100+/m0/s1. The molecule has 0 spiro atoms.